The van der Waals surface area contributed by atoms with Crippen molar-refractivity contribution in [1.82, 2.24) is 5.27 Å². The first-order valence-corrected chi connectivity index (χ1v) is 6.13. The van der Waals surface area contributed by atoms with E-state index in [4.69, 9.17) is 0 Å². The van der Waals surface area contributed by atoms with E-state index in [-0.39, 0.29) is 5.90 Å². The molecule has 0 unspecified atom stereocenters. The van der Waals surface area contributed by atoms with Gasteiger partial charge in [-0.05, 0) is 28.3 Å². The van der Waals surface area contributed by atoms with E-state index in [9.17, 15) is 9.90 Å². The molecule has 0 spiro atoms. The van der Waals surface area contributed by atoms with Crippen LogP contribution in [0.2, 0.25) is 0 Å². The fourth-order valence-corrected chi connectivity index (χ4v) is 1.66. The molecule has 1 heterocycles. The Bertz CT molecular complexity index is 628. The molecule has 100 valence electrons. The van der Waals surface area contributed by atoms with Crippen molar-refractivity contribution in [3.8, 4) is 5.69 Å². The molecular formula is C13H15N3O3. The number of aromatic nitrogens is 2. The van der Waals surface area contributed by atoms with E-state index < -0.39 is 5.63 Å². The van der Waals surface area contributed by atoms with E-state index in [1.54, 1.807) is 24.3 Å². The summed E-state index contributed by atoms with van der Waals surface area (Å²) in [4.78, 5) is 15.0. The van der Waals surface area contributed by atoms with Gasteiger partial charge in [0, 0.05) is 12.6 Å². The highest BCUT2D eigenvalue weighted by atomic mass is 16.5. The number of hydrogen-bond acceptors (Lipinski definition) is 4. The highest BCUT2D eigenvalue weighted by Crippen LogP contribution is 2.07. The van der Waals surface area contributed by atoms with Gasteiger partial charge in [0.15, 0.2) is 0 Å². The van der Waals surface area contributed by atoms with Gasteiger partial charge in [-0.2, -0.15) is 0 Å². The Morgan fingerprint density at radius 1 is 1.47 bits per heavy atom. The number of H-pyrrole nitrogens is 1. The summed E-state index contributed by atoms with van der Waals surface area (Å²) in [7, 11) is 0. The highest BCUT2D eigenvalue weighted by Gasteiger charge is 2.15. The lowest BCUT2D eigenvalue weighted by Gasteiger charge is -2.10. The molecule has 0 aliphatic heterocycles. The standard InChI is InChI=1S/C13H15N3O3/c1-2-3-8-14-13(18)10-6-4-5-7-11(10)16-9-12(17)19-15-16/h4-7,9H,2-3,8H2,1H3,(H-,14,15,17,18). The fourth-order valence-electron chi connectivity index (χ4n) is 1.66. The van der Waals surface area contributed by atoms with Crippen molar-refractivity contribution >= 4 is 5.90 Å². The maximum atomic E-state index is 12.0. The van der Waals surface area contributed by atoms with Crippen molar-refractivity contribution in [2.24, 2.45) is 4.99 Å². The quantitative estimate of drug-likeness (QED) is 0.360. The molecule has 1 aromatic heterocycles. The molecule has 6 nitrogen and oxygen atoms in total. The summed E-state index contributed by atoms with van der Waals surface area (Å²) < 4.78 is 5.96. The number of nitrogens with one attached hydrogen (secondary N) is 1. The van der Waals surface area contributed by atoms with E-state index in [2.05, 4.69) is 14.8 Å². The molecule has 2 aromatic rings. The monoisotopic (exact) mass is 261 g/mol. The summed E-state index contributed by atoms with van der Waals surface area (Å²) in [6.07, 6.45) is 3.10. The lowest BCUT2D eigenvalue weighted by Crippen LogP contribution is -2.36. The molecule has 0 bridgehead atoms. The molecular weight excluding hydrogens is 246 g/mol. The second kappa shape index (κ2) is 5.99. The third kappa shape index (κ3) is 3.09. The van der Waals surface area contributed by atoms with E-state index in [0.29, 0.717) is 17.8 Å². The zero-order valence-corrected chi connectivity index (χ0v) is 10.6. The molecule has 19 heavy (non-hydrogen) atoms. The Morgan fingerprint density at radius 3 is 2.95 bits per heavy atom. The molecule has 0 saturated heterocycles. The maximum Gasteiger partial charge on any atom is 0.427 e. The minimum Gasteiger partial charge on any atom is -0.858 e. The van der Waals surface area contributed by atoms with Gasteiger partial charge >= 0.3 is 5.63 Å². The van der Waals surface area contributed by atoms with Crippen LogP contribution in [-0.4, -0.2) is 17.7 Å². The lowest BCUT2D eigenvalue weighted by molar-refractivity contribution is -0.670. The predicted octanol–water partition coefficient (Wildman–Crippen LogP) is 0.152. The molecule has 0 radical (unpaired) electrons. The van der Waals surface area contributed by atoms with Crippen molar-refractivity contribution in [3.63, 3.8) is 0 Å². The second-order valence-electron chi connectivity index (χ2n) is 4.07. The van der Waals surface area contributed by atoms with Gasteiger partial charge in [0.25, 0.3) is 6.20 Å². The van der Waals surface area contributed by atoms with Crippen molar-refractivity contribution in [1.29, 1.82) is 0 Å². The molecule has 0 amide bonds. The summed E-state index contributed by atoms with van der Waals surface area (Å²) in [5.74, 6) is -0.293. The van der Waals surface area contributed by atoms with Gasteiger partial charge in [-0.3, -0.25) is 4.52 Å². The van der Waals surface area contributed by atoms with E-state index in [1.807, 2.05) is 6.92 Å². The number of para-hydroxylation sites is 1. The van der Waals surface area contributed by atoms with Crippen LogP contribution in [0.4, 0.5) is 0 Å². The van der Waals surface area contributed by atoms with Crippen molar-refractivity contribution in [2.45, 2.75) is 19.8 Å². The van der Waals surface area contributed by atoms with Crippen molar-refractivity contribution in [3.05, 3.63) is 46.4 Å². The molecule has 0 atom stereocenters. The third-order valence-electron chi connectivity index (χ3n) is 2.64. The van der Waals surface area contributed by atoms with Gasteiger partial charge in [-0.1, -0.05) is 25.5 Å². The van der Waals surface area contributed by atoms with Crippen LogP contribution in [0.5, 0.6) is 0 Å². The molecule has 2 rings (SSSR count). The van der Waals surface area contributed by atoms with Crippen LogP contribution in [-0.2, 0) is 0 Å². The number of aliphatic imine (C=N–C) groups is 1. The highest BCUT2D eigenvalue weighted by molar-refractivity contribution is 5.93. The smallest absolute Gasteiger partial charge is 0.427 e. The largest absolute Gasteiger partial charge is 0.858 e. The van der Waals surface area contributed by atoms with Gasteiger partial charge < -0.3 is 10.1 Å². The Morgan fingerprint density at radius 2 is 2.26 bits per heavy atom. The van der Waals surface area contributed by atoms with Gasteiger partial charge in [0.1, 0.15) is 0 Å². The number of rotatable bonds is 5. The molecule has 0 saturated carbocycles. The number of unbranched alkanes of at least 4 members (excludes halogenated alkanes) is 1. The van der Waals surface area contributed by atoms with Crippen molar-refractivity contribution < 1.29 is 14.3 Å². The van der Waals surface area contributed by atoms with Gasteiger partial charge in [0.2, 0.25) is 5.69 Å². The maximum absolute atomic E-state index is 12.0. The summed E-state index contributed by atoms with van der Waals surface area (Å²) in [5, 5.41) is 14.4. The zero-order valence-electron chi connectivity index (χ0n) is 10.6. The Kier molecular flexibility index (Phi) is 4.12. The minimum atomic E-state index is -0.509. The Hall–Kier alpha value is -2.37. The van der Waals surface area contributed by atoms with Crippen LogP contribution >= 0.6 is 0 Å². The average Bonchev–Trinajstić information content (AvgIpc) is 2.85. The minimum absolute atomic E-state index is 0.293. The number of nitrogens with zero attached hydrogens (tertiary/aromatic N) is 2. The molecule has 1 N–H and O–H groups in total. The molecule has 6 heteroatoms. The van der Waals surface area contributed by atoms with Gasteiger partial charge in [0.05, 0.1) is 5.56 Å². The first-order chi connectivity index (χ1) is 9.22. The summed E-state index contributed by atoms with van der Waals surface area (Å²) in [6.45, 7) is 2.55. The SMILES string of the molecule is CCCCN=C([O-])c1ccccc1-[n+]1cc(=O)o[nH]1. The molecule has 0 aliphatic carbocycles. The van der Waals surface area contributed by atoms with E-state index >= 15 is 0 Å². The fraction of sp³-hybridized carbons (Fsp3) is 0.308. The predicted molar refractivity (Wildman–Crippen MR) is 67.2 cm³/mol. The number of aromatic amines is 1. The molecule has 1 aromatic carbocycles. The first kappa shape index (κ1) is 13.1. The first-order valence-electron chi connectivity index (χ1n) is 6.13. The number of hydrogen-bond donors (Lipinski definition) is 1. The van der Waals surface area contributed by atoms with Crippen LogP contribution in [0.1, 0.15) is 25.3 Å². The number of benzene rings is 1. The average molecular weight is 261 g/mol. The Balaban J connectivity index is 2.36. The van der Waals surface area contributed by atoms with Crippen LogP contribution < -0.4 is 15.4 Å². The normalized spacial score (nSPS) is 11.7. The second-order valence-corrected chi connectivity index (χ2v) is 4.07. The van der Waals surface area contributed by atoms with Crippen LogP contribution in [0.25, 0.3) is 5.69 Å². The van der Waals surface area contributed by atoms with Crippen LogP contribution in [0, 0.1) is 0 Å². The summed E-state index contributed by atoms with van der Waals surface area (Å²) in [5.41, 5.74) is 0.462. The lowest BCUT2D eigenvalue weighted by atomic mass is 10.1. The van der Waals surface area contributed by atoms with Crippen LogP contribution in [0.15, 0.2) is 44.8 Å². The summed E-state index contributed by atoms with van der Waals surface area (Å²) >= 11 is 0. The third-order valence-corrected chi connectivity index (χ3v) is 2.64. The molecule has 0 fully saturated rings. The van der Waals surface area contributed by atoms with Crippen LogP contribution in [0.3, 0.4) is 0 Å². The Labute approximate surface area is 110 Å². The zero-order chi connectivity index (χ0) is 13.7. The molecule has 0 aliphatic rings. The van der Waals surface area contributed by atoms with E-state index in [1.165, 1.54) is 10.9 Å². The van der Waals surface area contributed by atoms with Gasteiger partial charge in [-0.25, -0.2) is 4.79 Å². The topological polar surface area (TPSA) is 85.3 Å². The van der Waals surface area contributed by atoms with Gasteiger partial charge in [-0.15, -0.1) is 0 Å². The summed E-state index contributed by atoms with van der Waals surface area (Å²) in [6, 6.07) is 6.92. The van der Waals surface area contributed by atoms with Crippen molar-refractivity contribution in [2.75, 3.05) is 6.54 Å². The van der Waals surface area contributed by atoms with E-state index in [0.717, 1.165) is 12.8 Å².